The second-order valence-corrected chi connectivity index (χ2v) is 6.55. The van der Waals surface area contributed by atoms with Crippen LogP contribution >= 0.6 is 0 Å². The zero-order chi connectivity index (χ0) is 15.3. The Morgan fingerprint density at radius 1 is 1.05 bits per heavy atom. The highest BCUT2D eigenvalue weighted by Gasteiger charge is 2.12. The van der Waals surface area contributed by atoms with Gasteiger partial charge in [0.2, 0.25) is 0 Å². The van der Waals surface area contributed by atoms with Crippen molar-refractivity contribution in [1.29, 1.82) is 0 Å². The van der Waals surface area contributed by atoms with Gasteiger partial charge in [0.1, 0.15) is 0 Å². The second kappa shape index (κ2) is 6.54. The topological polar surface area (TPSA) is 58.5 Å². The first-order valence-electron chi connectivity index (χ1n) is 6.65. The van der Waals surface area contributed by atoms with Gasteiger partial charge in [-0.25, -0.2) is 4.83 Å². The molecule has 0 spiro atoms. The summed E-state index contributed by atoms with van der Waals surface area (Å²) in [4.78, 5) is 2.44. The van der Waals surface area contributed by atoms with Gasteiger partial charge in [0.25, 0.3) is 10.0 Å². The zero-order valence-electron chi connectivity index (χ0n) is 12.0. The minimum Gasteiger partial charge on any atom is -0.200 e. The number of rotatable bonds is 5. The van der Waals surface area contributed by atoms with Crippen molar-refractivity contribution in [2.24, 2.45) is 5.10 Å². The Bertz CT molecular complexity index is 708. The minimum atomic E-state index is -3.60. The van der Waals surface area contributed by atoms with E-state index in [1.165, 1.54) is 0 Å². The lowest BCUT2D eigenvalue weighted by molar-refractivity contribution is 0.584. The summed E-state index contributed by atoms with van der Waals surface area (Å²) < 4.78 is 24.1. The summed E-state index contributed by atoms with van der Waals surface area (Å²) in [6, 6.07) is 16.4. The Hall–Kier alpha value is -2.14. The van der Waals surface area contributed by atoms with Crippen LogP contribution in [-0.2, 0) is 10.0 Å². The van der Waals surface area contributed by atoms with Gasteiger partial charge < -0.3 is 0 Å². The maximum absolute atomic E-state index is 12.0. The van der Waals surface area contributed by atoms with Crippen molar-refractivity contribution >= 4 is 16.2 Å². The molecule has 0 aromatic heterocycles. The zero-order valence-corrected chi connectivity index (χ0v) is 12.8. The lowest BCUT2D eigenvalue weighted by atomic mass is 10.0. The van der Waals surface area contributed by atoms with Crippen LogP contribution in [0.3, 0.4) is 0 Å². The molecule has 0 bridgehead atoms. The third kappa shape index (κ3) is 4.16. The SMILES string of the molecule is Cc1ccc(S(=O)(=O)N/N=C/[C@@H](C)c2ccccc2)cc1. The van der Waals surface area contributed by atoms with Crippen LogP contribution in [0.1, 0.15) is 24.0 Å². The van der Waals surface area contributed by atoms with E-state index in [0.717, 1.165) is 11.1 Å². The van der Waals surface area contributed by atoms with Gasteiger partial charge in [-0.3, -0.25) is 0 Å². The van der Waals surface area contributed by atoms with Gasteiger partial charge in [0, 0.05) is 12.1 Å². The summed E-state index contributed by atoms with van der Waals surface area (Å²) in [5.74, 6) is 0.0342. The molecule has 2 aromatic rings. The molecule has 0 aliphatic heterocycles. The van der Waals surface area contributed by atoms with Crippen LogP contribution in [0.2, 0.25) is 0 Å². The average Bonchev–Trinajstić information content (AvgIpc) is 2.48. The van der Waals surface area contributed by atoms with Crippen LogP contribution in [0.15, 0.2) is 64.6 Å². The van der Waals surface area contributed by atoms with E-state index in [9.17, 15) is 8.42 Å². The molecule has 0 radical (unpaired) electrons. The lowest BCUT2D eigenvalue weighted by Gasteiger charge is -2.06. The van der Waals surface area contributed by atoms with E-state index in [-0.39, 0.29) is 10.8 Å². The molecule has 110 valence electrons. The Morgan fingerprint density at radius 3 is 2.29 bits per heavy atom. The first-order chi connectivity index (χ1) is 9.99. The number of nitrogens with zero attached hydrogens (tertiary/aromatic N) is 1. The number of aryl methyl sites for hydroxylation is 1. The number of nitrogens with one attached hydrogen (secondary N) is 1. The molecule has 0 fully saturated rings. The van der Waals surface area contributed by atoms with E-state index in [1.807, 2.05) is 44.2 Å². The quantitative estimate of drug-likeness (QED) is 0.681. The summed E-state index contributed by atoms with van der Waals surface area (Å²) in [5.41, 5.74) is 2.09. The van der Waals surface area contributed by atoms with Crippen LogP contribution < -0.4 is 4.83 Å². The van der Waals surface area contributed by atoms with Crippen molar-refractivity contribution in [1.82, 2.24) is 4.83 Å². The molecule has 0 unspecified atom stereocenters. The third-order valence-electron chi connectivity index (χ3n) is 3.13. The van der Waals surface area contributed by atoms with Crippen LogP contribution in [0, 0.1) is 6.92 Å². The molecule has 4 nitrogen and oxygen atoms in total. The number of hydrogen-bond acceptors (Lipinski definition) is 3. The molecule has 21 heavy (non-hydrogen) atoms. The van der Waals surface area contributed by atoms with E-state index in [0.29, 0.717) is 0 Å². The summed E-state index contributed by atoms with van der Waals surface area (Å²) >= 11 is 0. The molecular weight excluding hydrogens is 284 g/mol. The van der Waals surface area contributed by atoms with E-state index in [4.69, 9.17) is 0 Å². The van der Waals surface area contributed by atoms with Gasteiger partial charge in [-0.05, 0) is 24.6 Å². The van der Waals surface area contributed by atoms with Crippen molar-refractivity contribution in [2.75, 3.05) is 0 Å². The molecule has 5 heteroatoms. The summed E-state index contributed by atoms with van der Waals surface area (Å²) in [7, 11) is -3.60. The first-order valence-corrected chi connectivity index (χ1v) is 8.14. The van der Waals surface area contributed by atoms with Crippen molar-refractivity contribution in [2.45, 2.75) is 24.7 Å². The molecule has 1 N–H and O–H groups in total. The van der Waals surface area contributed by atoms with Crippen LogP contribution in [0.5, 0.6) is 0 Å². The number of hydrogen-bond donors (Lipinski definition) is 1. The van der Waals surface area contributed by atoms with E-state index in [2.05, 4.69) is 9.93 Å². The monoisotopic (exact) mass is 302 g/mol. The van der Waals surface area contributed by atoms with Crippen LogP contribution in [0.4, 0.5) is 0 Å². The first kappa shape index (κ1) is 15.3. The predicted octanol–water partition coefficient (Wildman–Crippen LogP) is 3.06. The predicted molar refractivity (Wildman–Crippen MR) is 84.8 cm³/mol. The molecule has 2 rings (SSSR count). The summed E-state index contributed by atoms with van der Waals surface area (Å²) in [5, 5.41) is 3.86. The highest BCUT2D eigenvalue weighted by atomic mass is 32.2. The molecule has 0 saturated heterocycles. The molecule has 2 aromatic carbocycles. The largest absolute Gasteiger partial charge is 0.276 e. The molecule has 0 amide bonds. The smallest absolute Gasteiger partial charge is 0.200 e. The maximum Gasteiger partial charge on any atom is 0.276 e. The summed E-state index contributed by atoms with van der Waals surface area (Å²) in [6.07, 6.45) is 1.58. The van der Waals surface area contributed by atoms with Gasteiger partial charge in [-0.15, -0.1) is 0 Å². The van der Waals surface area contributed by atoms with Gasteiger partial charge in [0.15, 0.2) is 0 Å². The Labute approximate surface area is 125 Å². The Morgan fingerprint density at radius 2 is 1.67 bits per heavy atom. The van der Waals surface area contributed by atoms with E-state index in [1.54, 1.807) is 30.5 Å². The van der Waals surface area contributed by atoms with Crippen molar-refractivity contribution in [3.63, 3.8) is 0 Å². The van der Waals surface area contributed by atoms with Crippen molar-refractivity contribution < 1.29 is 8.42 Å². The van der Waals surface area contributed by atoms with Crippen LogP contribution in [-0.4, -0.2) is 14.6 Å². The molecule has 0 aliphatic rings. The average molecular weight is 302 g/mol. The molecule has 0 aliphatic carbocycles. The summed E-state index contributed by atoms with van der Waals surface area (Å²) in [6.45, 7) is 3.86. The van der Waals surface area contributed by atoms with Crippen molar-refractivity contribution in [3.05, 3.63) is 65.7 Å². The van der Waals surface area contributed by atoms with Crippen molar-refractivity contribution in [3.8, 4) is 0 Å². The van der Waals surface area contributed by atoms with Gasteiger partial charge >= 0.3 is 0 Å². The standard InChI is InChI=1S/C16H18N2O2S/c1-13-8-10-16(11-9-13)21(19,20)18-17-12-14(2)15-6-4-3-5-7-15/h3-12,14,18H,1-2H3/b17-12+/t14-/m1/s1. The number of sulfonamides is 1. The fourth-order valence-electron chi connectivity index (χ4n) is 1.82. The molecular formula is C16H18N2O2S. The molecule has 1 atom stereocenters. The van der Waals surface area contributed by atoms with E-state index < -0.39 is 10.0 Å². The Kier molecular flexibility index (Phi) is 4.75. The Balaban J connectivity index is 2.05. The number of hydrazone groups is 1. The normalized spacial score (nSPS) is 13.2. The second-order valence-electron chi connectivity index (χ2n) is 4.89. The fourth-order valence-corrected chi connectivity index (χ4v) is 2.62. The maximum atomic E-state index is 12.0. The van der Waals surface area contributed by atoms with Gasteiger partial charge in [-0.1, -0.05) is 55.0 Å². The lowest BCUT2D eigenvalue weighted by Crippen LogP contribution is -2.18. The minimum absolute atomic E-state index is 0.0342. The van der Waals surface area contributed by atoms with Crippen LogP contribution in [0.25, 0.3) is 0 Å². The highest BCUT2D eigenvalue weighted by Crippen LogP contribution is 2.12. The highest BCUT2D eigenvalue weighted by molar-refractivity contribution is 7.89. The number of benzene rings is 2. The molecule has 0 heterocycles. The van der Waals surface area contributed by atoms with Gasteiger partial charge in [0.05, 0.1) is 4.90 Å². The third-order valence-corrected chi connectivity index (χ3v) is 4.37. The van der Waals surface area contributed by atoms with E-state index >= 15 is 0 Å². The fraction of sp³-hybridized carbons (Fsp3) is 0.188. The molecule has 0 saturated carbocycles. The van der Waals surface area contributed by atoms with Gasteiger partial charge in [-0.2, -0.15) is 13.5 Å².